The normalized spacial score (nSPS) is 18.2. The minimum Gasteiger partial charge on any atom is -0.479 e. The maximum Gasteiger partial charge on any atom is 0.265 e. The predicted molar refractivity (Wildman–Crippen MR) is 70.5 cm³/mol. The summed E-state index contributed by atoms with van der Waals surface area (Å²) in [7, 11) is -3.60. The zero-order chi connectivity index (χ0) is 14.0. The number of carbonyl (C=O) groups excluding carboxylic acids is 1. The first-order valence-corrected chi connectivity index (χ1v) is 7.14. The van der Waals surface area contributed by atoms with Crippen LogP contribution in [-0.4, -0.2) is 27.0 Å². The molecular formula is C12H14N2O4S. The van der Waals surface area contributed by atoms with Crippen molar-refractivity contribution in [2.24, 2.45) is 0 Å². The van der Waals surface area contributed by atoms with Crippen molar-refractivity contribution < 1.29 is 17.9 Å². The molecule has 1 aromatic carbocycles. The Bertz CT molecular complexity index is 625. The third-order valence-electron chi connectivity index (χ3n) is 2.61. The van der Waals surface area contributed by atoms with E-state index in [0.29, 0.717) is 11.4 Å². The number of hydrogen-bond acceptors (Lipinski definition) is 4. The van der Waals surface area contributed by atoms with E-state index in [1.54, 1.807) is 6.92 Å². The molecule has 0 saturated carbocycles. The van der Waals surface area contributed by atoms with Crippen molar-refractivity contribution in [1.29, 1.82) is 0 Å². The molecule has 6 nitrogen and oxygen atoms in total. The van der Waals surface area contributed by atoms with Crippen LogP contribution in [0.4, 0.5) is 5.69 Å². The van der Waals surface area contributed by atoms with Crippen molar-refractivity contribution in [3.05, 3.63) is 30.9 Å². The molecule has 0 fully saturated rings. The van der Waals surface area contributed by atoms with E-state index in [2.05, 4.69) is 16.6 Å². The molecule has 0 saturated heterocycles. The number of anilines is 1. The van der Waals surface area contributed by atoms with Crippen LogP contribution in [0.15, 0.2) is 35.7 Å². The molecule has 0 aromatic heterocycles. The van der Waals surface area contributed by atoms with Gasteiger partial charge in [-0.3, -0.25) is 4.79 Å². The second-order valence-corrected chi connectivity index (χ2v) is 5.81. The van der Waals surface area contributed by atoms with Gasteiger partial charge < -0.3 is 10.1 Å². The molecule has 0 radical (unpaired) electrons. The Morgan fingerprint density at radius 2 is 2.26 bits per heavy atom. The van der Waals surface area contributed by atoms with Crippen LogP contribution in [0.1, 0.15) is 6.92 Å². The first-order valence-electron chi connectivity index (χ1n) is 5.66. The van der Waals surface area contributed by atoms with E-state index in [9.17, 15) is 13.2 Å². The third-order valence-corrected chi connectivity index (χ3v) is 4.03. The summed E-state index contributed by atoms with van der Waals surface area (Å²) in [6, 6.07) is 4.29. The zero-order valence-electron chi connectivity index (χ0n) is 10.3. The molecule has 1 heterocycles. The average molecular weight is 282 g/mol. The fourth-order valence-electron chi connectivity index (χ4n) is 1.60. The van der Waals surface area contributed by atoms with Gasteiger partial charge >= 0.3 is 0 Å². The Labute approximate surface area is 111 Å². The van der Waals surface area contributed by atoms with E-state index in [0.717, 1.165) is 0 Å². The first kappa shape index (κ1) is 13.6. The summed E-state index contributed by atoms with van der Waals surface area (Å²) in [4.78, 5) is 11.5. The van der Waals surface area contributed by atoms with E-state index in [1.807, 2.05) is 0 Å². The summed E-state index contributed by atoms with van der Waals surface area (Å²) in [5.74, 6) is 0.0847. The van der Waals surface area contributed by atoms with E-state index in [1.165, 1.54) is 24.3 Å². The third kappa shape index (κ3) is 2.77. The van der Waals surface area contributed by atoms with Gasteiger partial charge in [0.15, 0.2) is 6.10 Å². The summed E-state index contributed by atoms with van der Waals surface area (Å²) in [6.45, 7) is 5.19. The van der Waals surface area contributed by atoms with Crippen molar-refractivity contribution in [3.63, 3.8) is 0 Å². The molecule has 0 unspecified atom stereocenters. The number of carbonyl (C=O) groups is 1. The van der Waals surface area contributed by atoms with Gasteiger partial charge in [0.25, 0.3) is 5.91 Å². The van der Waals surface area contributed by atoms with Crippen LogP contribution in [0.25, 0.3) is 0 Å². The minimum atomic E-state index is -3.60. The van der Waals surface area contributed by atoms with Crippen LogP contribution < -0.4 is 14.8 Å². The number of nitrogens with one attached hydrogen (secondary N) is 2. The Morgan fingerprint density at radius 3 is 2.95 bits per heavy atom. The lowest BCUT2D eigenvalue weighted by molar-refractivity contribution is -0.122. The lowest BCUT2D eigenvalue weighted by atomic mass is 10.2. The molecule has 1 atom stereocenters. The summed E-state index contributed by atoms with van der Waals surface area (Å²) in [5.41, 5.74) is 0.464. The van der Waals surface area contributed by atoms with E-state index < -0.39 is 16.1 Å². The smallest absolute Gasteiger partial charge is 0.265 e. The molecule has 1 aromatic rings. The van der Waals surface area contributed by atoms with Crippen LogP contribution in [0, 0.1) is 0 Å². The average Bonchev–Trinajstić information content (AvgIpc) is 2.37. The highest BCUT2D eigenvalue weighted by molar-refractivity contribution is 7.89. The van der Waals surface area contributed by atoms with E-state index in [-0.39, 0.29) is 17.3 Å². The maximum absolute atomic E-state index is 11.9. The molecular weight excluding hydrogens is 268 g/mol. The highest BCUT2D eigenvalue weighted by Gasteiger charge is 2.25. The van der Waals surface area contributed by atoms with Gasteiger partial charge in [0.2, 0.25) is 10.0 Å². The van der Waals surface area contributed by atoms with Crippen molar-refractivity contribution >= 4 is 21.6 Å². The van der Waals surface area contributed by atoms with Crippen molar-refractivity contribution in [3.8, 4) is 5.75 Å². The number of ether oxygens (including phenoxy) is 1. The van der Waals surface area contributed by atoms with Gasteiger partial charge in [-0.05, 0) is 19.1 Å². The van der Waals surface area contributed by atoms with E-state index in [4.69, 9.17) is 4.74 Å². The van der Waals surface area contributed by atoms with Crippen LogP contribution in [0.5, 0.6) is 5.75 Å². The quantitative estimate of drug-likeness (QED) is 0.803. The monoisotopic (exact) mass is 282 g/mol. The first-order chi connectivity index (χ1) is 8.94. The van der Waals surface area contributed by atoms with Crippen LogP contribution in [0.3, 0.4) is 0 Å². The Kier molecular flexibility index (Phi) is 3.59. The lowest BCUT2D eigenvalue weighted by Gasteiger charge is -2.23. The maximum atomic E-state index is 11.9. The molecule has 2 rings (SSSR count). The summed E-state index contributed by atoms with van der Waals surface area (Å²) in [6.07, 6.45) is 0.806. The molecule has 0 aliphatic carbocycles. The number of hydrogen-bond donors (Lipinski definition) is 2. The Morgan fingerprint density at radius 1 is 1.53 bits per heavy atom. The predicted octanol–water partition coefficient (Wildman–Crippen LogP) is 0.870. The topological polar surface area (TPSA) is 84.5 Å². The highest BCUT2D eigenvalue weighted by Crippen LogP contribution is 2.31. The summed E-state index contributed by atoms with van der Waals surface area (Å²) < 4.78 is 31.6. The number of rotatable bonds is 4. The fourth-order valence-corrected chi connectivity index (χ4v) is 2.61. The molecule has 102 valence electrons. The molecule has 1 aliphatic rings. The summed E-state index contributed by atoms with van der Waals surface area (Å²) in [5, 5.41) is 2.64. The van der Waals surface area contributed by atoms with Gasteiger partial charge in [-0.15, -0.1) is 6.58 Å². The molecule has 0 spiro atoms. The van der Waals surface area contributed by atoms with Gasteiger partial charge in [-0.1, -0.05) is 6.08 Å². The molecule has 1 amide bonds. The van der Waals surface area contributed by atoms with Gasteiger partial charge in [0, 0.05) is 12.6 Å². The Balaban J connectivity index is 2.34. The molecule has 2 N–H and O–H groups in total. The van der Waals surface area contributed by atoms with Crippen molar-refractivity contribution in [1.82, 2.24) is 4.72 Å². The van der Waals surface area contributed by atoms with Crippen LogP contribution >= 0.6 is 0 Å². The van der Waals surface area contributed by atoms with Crippen LogP contribution in [-0.2, 0) is 14.8 Å². The SMILES string of the molecule is C=CCNS(=O)(=O)c1ccc2c(c1)O[C@@H](C)C(=O)N2. The fraction of sp³-hybridized carbons (Fsp3) is 0.250. The van der Waals surface area contributed by atoms with Gasteiger partial charge in [-0.2, -0.15) is 0 Å². The largest absolute Gasteiger partial charge is 0.479 e. The lowest BCUT2D eigenvalue weighted by Crippen LogP contribution is -2.34. The van der Waals surface area contributed by atoms with Gasteiger partial charge in [0.05, 0.1) is 10.6 Å². The Hall–Kier alpha value is -1.86. The van der Waals surface area contributed by atoms with Crippen LogP contribution in [0.2, 0.25) is 0 Å². The highest BCUT2D eigenvalue weighted by atomic mass is 32.2. The molecule has 19 heavy (non-hydrogen) atoms. The summed E-state index contributed by atoms with van der Waals surface area (Å²) >= 11 is 0. The number of amides is 1. The number of benzene rings is 1. The van der Waals surface area contributed by atoms with E-state index >= 15 is 0 Å². The zero-order valence-corrected chi connectivity index (χ0v) is 11.2. The second kappa shape index (κ2) is 5.02. The van der Waals surface area contributed by atoms with Gasteiger partial charge in [0.1, 0.15) is 5.75 Å². The molecule has 0 bridgehead atoms. The molecule has 7 heteroatoms. The minimum absolute atomic E-state index is 0.0800. The standard InChI is InChI=1S/C12H14N2O4S/c1-3-6-13-19(16,17)9-4-5-10-11(7-9)18-8(2)12(15)14-10/h3-5,7-8,13H,1,6H2,2H3,(H,14,15)/t8-/m0/s1. The second-order valence-electron chi connectivity index (χ2n) is 4.05. The van der Waals surface area contributed by atoms with Crippen molar-refractivity contribution in [2.45, 2.75) is 17.9 Å². The molecule has 1 aliphatic heterocycles. The van der Waals surface area contributed by atoms with Crippen molar-refractivity contribution in [2.75, 3.05) is 11.9 Å². The number of sulfonamides is 1. The number of fused-ring (bicyclic) bond motifs is 1. The van der Waals surface area contributed by atoms with Gasteiger partial charge in [-0.25, -0.2) is 13.1 Å².